The molecule has 2 unspecified atom stereocenters. The Hall–Kier alpha value is -1.20. The van der Waals surface area contributed by atoms with Crippen LogP contribution in [0.15, 0.2) is 24.3 Å². The topological polar surface area (TPSA) is 27.3 Å². The first-order chi connectivity index (χ1) is 11.2. The summed E-state index contributed by atoms with van der Waals surface area (Å²) >= 11 is 5.37. The van der Waals surface area contributed by atoms with Crippen molar-refractivity contribution in [1.82, 2.24) is 15.5 Å². The lowest BCUT2D eigenvalue weighted by molar-refractivity contribution is 0.115. The Balaban J connectivity index is 1.54. The maximum Gasteiger partial charge on any atom is 0.166 e. The molecule has 2 atom stereocenters. The zero-order valence-electron chi connectivity index (χ0n) is 13.7. The van der Waals surface area contributed by atoms with Gasteiger partial charge in [0, 0.05) is 31.2 Å². The first-order valence-electron chi connectivity index (χ1n) is 8.70. The van der Waals surface area contributed by atoms with Gasteiger partial charge >= 0.3 is 0 Å². The van der Waals surface area contributed by atoms with Crippen LogP contribution in [-0.4, -0.2) is 34.7 Å². The van der Waals surface area contributed by atoms with E-state index in [1.54, 1.807) is 12.1 Å². The molecule has 3 nitrogen and oxygen atoms in total. The number of thiocarbonyl (C=S) groups is 1. The maximum atomic E-state index is 13.1. The molecule has 3 rings (SSSR count). The average Bonchev–Trinajstić information content (AvgIpc) is 2.77. The minimum absolute atomic E-state index is 0.160. The van der Waals surface area contributed by atoms with E-state index in [2.05, 4.69) is 22.5 Å². The summed E-state index contributed by atoms with van der Waals surface area (Å²) in [7, 11) is 0. The average molecular weight is 335 g/mol. The van der Waals surface area contributed by atoms with Gasteiger partial charge in [0.2, 0.25) is 0 Å². The molecule has 0 aromatic heterocycles. The first kappa shape index (κ1) is 16.7. The van der Waals surface area contributed by atoms with Gasteiger partial charge < -0.3 is 10.6 Å². The number of fused-ring (bicyclic) bond motifs is 2. The quantitative estimate of drug-likeness (QED) is 0.808. The molecule has 0 saturated carbocycles. The summed E-state index contributed by atoms with van der Waals surface area (Å²) in [6.45, 7) is 4.01. The van der Waals surface area contributed by atoms with Crippen molar-refractivity contribution in [3.05, 3.63) is 35.6 Å². The van der Waals surface area contributed by atoms with E-state index < -0.39 is 0 Å². The fourth-order valence-electron chi connectivity index (χ4n) is 3.93. The molecule has 0 aliphatic carbocycles. The van der Waals surface area contributed by atoms with Crippen LogP contribution >= 0.6 is 12.2 Å². The molecule has 2 bridgehead atoms. The molecule has 1 aromatic rings. The van der Waals surface area contributed by atoms with Crippen molar-refractivity contribution in [1.29, 1.82) is 0 Å². The number of nitrogens with one attached hydrogen (secondary N) is 2. The Morgan fingerprint density at radius 3 is 2.48 bits per heavy atom. The molecule has 0 spiro atoms. The van der Waals surface area contributed by atoms with E-state index in [-0.39, 0.29) is 5.82 Å². The lowest BCUT2D eigenvalue weighted by Gasteiger charge is -2.39. The Bertz CT molecular complexity index is 520. The van der Waals surface area contributed by atoms with Crippen molar-refractivity contribution in [3.8, 4) is 0 Å². The second-order valence-electron chi connectivity index (χ2n) is 6.75. The van der Waals surface area contributed by atoms with Gasteiger partial charge in [-0.2, -0.15) is 0 Å². The van der Waals surface area contributed by atoms with Crippen molar-refractivity contribution >= 4 is 17.3 Å². The van der Waals surface area contributed by atoms with Crippen LogP contribution in [0.3, 0.4) is 0 Å². The van der Waals surface area contributed by atoms with E-state index >= 15 is 0 Å². The molecule has 0 radical (unpaired) electrons. The van der Waals surface area contributed by atoms with Gasteiger partial charge in [-0.05, 0) is 62.0 Å². The predicted molar refractivity (Wildman–Crippen MR) is 95.8 cm³/mol. The van der Waals surface area contributed by atoms with Crippen LogP contribution in [0, 0.1) is 5.82 Å². The summed E-state index contributed by atoms with van der Waals surface area (Å²) < 4.78 is 13.1. The molecule has 0 amide bonds. The Kier molecular flexibility index (Phi) is 5.49. The Labute approximate surface area is 143 Å². The van der Waals surface area contributed by atoms with Gasteiger partial charge in [-0.15, -0.1) is 0 Å². The van der Waals surface area contributed by atoms with Gasteiger partial charge in [-0.1, -0.05) is 19.1 Å². The van der Waals surface area contributed by atoms with E-state index in [9.17, 15) is 4.39 Å². The van der Waals surface area contributed by atoms with E-state index in [4.69, 9.17) is 12.2 Å². The van der Waals surface area contributed by atoms with Gasteiger partial charge in [0.15, 0.2) is 5.11 Å². The number of piperidine rings is 1. The van der Waals surface area contributed by atoms with Crippen LogP contribution in [0.2, 0.25) is 0 Å². The summed E-state index contributed by atoms with van der Waals surface area (Å²) in [4.78, 5) is 2.61. The SMILES string of the molecule is CCCNC(=S)NC1CC2CCC(C1)N2Cc1ccc(F)cc1. The molecular formula is C18H26FN3S. The van der Waals surface area contributed by atoms with Crippen molar-refractivity contribution < 1.29 is 4.39 Å². The molecule has 2 heterocycles. The highest BCUT2D eigenvalue weighted by Gasteiger charge is 2.40. The number of hydrogen-bond acceptors (Lipinski definition) is 2. The molecule has 2 aliphatic heterocycles. The van der Waals surface area contributed by atoms with Crippen LogP contribution in [0.1, 0.15) is 44.6 Å². The summed E-state index contributed by atoms with van der Waals surface area (Å²) in [6.07, 6.45) is 5.90. The normalized spacial score (nSPS) is 27.0. The largest absolute Gasteiger partial charge is 0.363 e. The zero-order chi connectivity index (χ0) is 16.2. The van der Waals surface area contributed by atoms with Crippen molar-refractivity contribution in [2.75, 3.05) is 6.54 Å². The third-order valence-corrected chi connectivity index (χ3v) is 5.30. The molecule has 5 heteroatoms. The monoisotopic (exact) mass is 335 g/mol. The number of benzene rings is 1. The van der Waals surface area contributed by atoms with Gasteiger partial charge in [-0.25, -0.2) is 4.39 Å². The van der Waals surface area contributed by atoms with Crippen molar-refractivity contribution in [3.63, 3.8) is 0 Å². The van der Waals surface area contributed by atoms with Gasteiger partial charge in [0.25, 0.3) is 0 Å². The number of rotatable bonds is 5. The summed E-state index contributed by atoms with van der Waals surface area (Å²) in [6, 6.07) is 8.64. The highest BCUT2D eigenvalue weighted by molar-refractivity contribution is 7.80. The minimum atomic E-state index is -0.160. The first-order valence-corrected chi connectivity index (χ1v) is 9.11. The lowest BCUT2D eigenvalue weighted by atomic mass is 9.96. The molecule has 2 saturated heterocycles. The van der Waals surface area contributed by atoms with E-state index in [0.29, 0.717) is 18.1 Å². The Morgan fingerprint density at radius 1 is 1.22 bits per heavy atom. The second-order valence-corrected chi connectivity index (χ2v) is 7.16. The highest BCUT2D eigenvalue weighted by Crippen LogP contribution is 2.36. The fraction of sp³-hybridized carbons (Fsp3) is 0.611. The third-order valence-electron chi connectivity index (χ3n) is 5.03. The maximum absolute atomic E-state index is 13.1. The predicted octanol–water partition coefficient (Wildman–Crippen LogP) is 3.20. The lowest BCUT2D eigenvalue weighted by Crippen LogP contribution is -2.51. The number of halogens is 1. The molecule has 126 valence electrons. The highest BCUT2D eigenvalue weighted by atomic mass is 32.1. The van der Waals surface area contributed by atoms with E-state index in [1.807, 2.05) is 12.1 Å². The standard InChI is InChI=1S/C18H26FN3S/c1-2-9-20-18(23)21-15-10-16-7-8-17(11-15)22(16)12-13-3-5-14(19)6-4-13/h3-6,15-17H,2,7-12H2,1H3,(H2,20,21,23). The van der Waals surface area contributed by atoms with E-state index in [0.717, 1.165) is 37.5 Å². The zero-order valence-corrected chi connectivity index (χ0v) is 14.5. The molecule has 2 fully saturated rings. The van der Waals surface area contributed by atoms with E-state index in [1.165, 1.54) is 18.4 Å². The fourth-order valence-corrected chi connectivity index (χ4v) is 4.19. The van der Waals surface area contributed by atoms with Gasteiger partial charge in [0.05, 0.1) is 0 Å². The minimum Gasteiger partial charge on any atom is -0.363 e. The van der Waals surface area contributed by atoms with Crippen LogP contribution in [0.4, 0.5) is 4.39 Å². The summed E-state index contributed by atoms with van der Waals surface area (Å²) in [5.41, 5.74) is 1.20. The van der Waals surface area contributed by atoms with Gasteiger partial charge in [0.1, 0.15) is 5.82 Å². The van der Waals surface area contributed by atoms with Crippen LogP contribution in [0.25, 0.3) is 0 Å². The third kappa shape index (κ3) is 4.21. The molecular weight excluding hydrogens is 309 g/mol. The van der Waals surface area contributed by atoms with Crippen LogP contribution < -0.4 is 10.6 Å². The Morgan fingerprint density at radius 2 is 1.87 bits per heavy atom. The van der Waals surface area contributed by atoms with Crippen LogP contribution in [-0.2, 0) is 6.54 Å². The summed E-state index contributed by atoms with van der Waals surface area (Å²) in [5.74, 6) is -0.160. The number of hydrogen-bond donors (Lipinski definition) is 2. The molecule has 23 heavy (non-hydrogen) atoms. The smallest absolute Gasteiger partial charge is 0.166 e. The van der Waals surface area contributed by atoms with Gasteiger partial charge in [-0.3, -0.25) is 4.90 Å². The summed E-state index contributed by atoms with van der Waals surface area (Å²) in [5, 5.41) is 7.54. The van der Waals surface area contributed by atoms with Crippen molar-refractivity contribution in [2.24, 2.45) is 0 Å². The molecule has 1 aromatic carbocycles. The molecule has 2 aliphatic rings. The van der Waals surface area contributed by atoms with Crippen molar-refractivity contribution in [2.45, 2.75) is 63.7 Å². The second kappa shape index (κ2) is 7.58. The van der Waals surface area contributed by atoms with Crippen LogP contribution in [0.5, 0.6) is 0 Å². The number of nitrogens with zero attached hydrogens (tertiary/aromatic N) is 1. The molecule has 2 N–H and O–H groups in total.